The van der Waals surface area contributed by atoms with Crippen LogP contribution < -0.4 is 4.74 Å². The molecule has 28 heavy (non-hydrogen) atoms. The first-order valence-corrected chi connectivity index (χ1v) is 9.56. The molecule has 3 heteroatoms. The summed E-state index contributed by atoms with van der Waals surface area (Å²) < 4.78 is 5.77. The second-order valence-corrected chi connectivity index (χ2v) is 9.29. The van der Waals surface area contributed by atoms with Gasteiger partial charge in [-0.25, -0.2) is 4.79 Å². The number of aromatic hydroxyl groups is 1. The van der Waals surface area contributed by atoms with Gasteiger partial charge in [-0.15, -0.1) is 0 Å². The molecule has 3 nitrogen and oxygen atoms in total. The lowest BCUT2D eigenvalue weighted by Crippen LogP contribution is -2.20. The van der Waals surface area contributed by atoms with E-state index >= 15 is 0 Å². The quantitative estimate of drug-likeness (QED) is 0.418. The molecule has 0 atom stereocenters. The van der Waals surface area contributed by atoms with Crippen LogP contribution in [0.25, 0.3) is 10.8 Å². The van der Waals surface area contributed by atoms with Gasteiger partial charge in [0.25, 0.3) is 0 Å². The number of hydrogen-bond acceptors (Lipinski definition) is 3. The zero-order chi connectivity index (χ0) is 20.7. The molecule has 0 bridgehead atoms. The monoisotopic (exact) mass is 376 g/mol. The number of phenolic OH excluding ortho intramolecular Hbond substituents is 1. The molecule has 146 valence electrons. The number of ether oxygens (including phenoxy) is 1. The van der Waals surface area contributed by atoms with Crippen LogP contribution in [0.15, 0.2) is 54.6 Å². The Hall–Kier alpha value is -2.81. The minimum Gasteiger partial charge on any atom is -0.507 e. The number of esters is 1. The summed E-state index contributed by atoms with van der Waals surface area (Å²) in [7, 11) is 0. The summed E-state index contributed by atoms with van der Waals surface area (Å²) in [4.78, 5) is 13.0. The number of hydrogen-bond donors (Lipinski definition) is 1. The second-order valence-electron chi connectivity index (χ2n) is 9.29. The van der Waals surface area contributed by atoms with Crippen molar-refractivity contribution in [1.82, 2.24) is 0 Å². The van der Waals surface area contributed by atoms with Crippen LogP contribution >= 0.6 is 0 Å². The molecular weight excluding hydrogens is 348 g/mol. The average molecular weight is 376 g/mol. The molecule has 0 aliphatic carbocycles. The minimum absolute atomic E-state index is 0.252. The number of rotatable bonds is 2. The van der Waals surface area contributed by atoms with Crippen molar-refractivity contribution in [2.24, 2.45) is 0 Å². The molecule has 0 aliphatic heterocycles. The highest BCUT2D eigenvalue weighted by Crippen LogP contribution is 2.40. The van der Waals surface area contributed by atoms with Crippen LogP contribution in [0.3, 0.4) is 0 Å². The van der Waals surface area contributed by atoms with Crippen molar-refractivity contribution in [1.29, 1.82) is 0 Å². The molecule has 0 aromatic heterocycles. The van der Waals surface area contributed by atoms with Crippen molar-refractivity contribution >= 4 is 16.7 Å². The maximum atomic E-state index is 13.0. The van der Waals surface area contributed by atoms with Gasteiger partial charge in [-0.1, -0.05) is 77.9 Å². The van der Waals surface area contributed by atoms with E-state index in [4.69, 9.17) is 4.74 Å². The van der Waals surface area contributed by atoms with Crippen LogP contribution in [0.4, 0.5) is 0 Å². The van der Waals surface area contributed by atoms with Gasteiger partial charge < -0.3 is 9.84 Å². The Labute approximate surface area is 167 Å². The Morgan fingerprint density at radius 1 is 0.821 bits per heavy atom. The third-order valence-electron chi connectivity index (χ3n) is 4.91. The van der Waals surface area contributed by atoms with E-state index in [2.05, 4.69) is 0 Å². The maximum absolute atomic E-state index is 13.0. The Morgan fingerprint density at radius 3 is 1.93 bits per heavy atom. The van der Waals surface area contributed by atoms with Gasteiger partial charge >= 0.3 is 5.97 Å². The second kappa shape index (κ2) is 6.97. The number of carbonyl (C=O) groups excluding carboxylic acids is 1. The molecule has 0 fully saturated rings. The molecule has 0 radical (unpaired) electrons. The fraction of sp³-hybridized carbons (Fsp3) is 0.320. The number of phenols is 1. The van der Waals surface area contributed by atoms with Crippen LogP contribution in [-0.4, -0.2) is 11.1 Å². The summed E-state index contributed by atoms with van der Waals surface area (Å²) in [6.45, 7) is 12.1. The SMILES string of the molecule is CC(C)(C)c1cc(C(=O)Oc2cccc3ccccc23)cc(C(C)(C)C)c1O. The van der Waals surface area contributed by atoms with Crippen LogP contribution in [0.2, 0.25) is 0 Å². The van der Waals surface area contributed by atoms with Gasteiger partial charge in [0.15, 0.2) is 0 Å². The van der Waals surface area contributed by atoms with Gasteiger partial charge in [0.05, 0.1) is 5.56 Å². The van der Waals surface area contributed by atoms with Gasteiger partial charge in [0.1, 0.15) is 11.5 Å². The van der Waals surface area contributed by atoms with Crippen molar-refractivity contribution in [2.75, 3.05) is 0 Å². The maximum Gasteiger partial charge on any atom is 0.343 e. The molecular formula is C25H28O3. The molecule has 0 saturated carbocycles. The van der Waals surface area contributed by atoms with E-state index in [0.29, 0.717) is 11.3 Å². The molecule has 0 aliphatic rings. The number of benzene rings is 3. The molecule has 0 saturated heterocycles. The van der Waals surface area contributed by atoms with E-state index in [-0.39, 0.29) is 16.6 Å². The Morgan fingerprint density at radius 2 is 1.36 bits per heavy atom. The largest absolute Gasteiger partial charge is 0.507 e. The van der Waals surface area contributed by atoms with Gasteiger partial charge in [-0.05, 0) is 34.4 Å². The topological polar surface area (TPSA) is 46.5 Å². The fourth-order valence-electron chi connectivity index (χ4n) is 3.34. The summed E-state index contributed by atoms with van der Waals surface area (Å²) in [5.41, 5.74) is 1.31. The summed E-state index contributed by atoms with van der Waals surface area (Å²) in [5, 5.41) is 12.8. The number of fused-ring (bicyclic) bond motifs is 1. The van der Waals surface area contributed by atoms with Crippen molar-refractivity contribution in [3.8, 4) is 11.5 Å². The lowest BCUT2D eigenvalue weighted by Gasteiger charge is -2.28. The number of carbonyl (C=O) groups is 1. The van der Waals surface area contributed by atoms with E-state index < -0.39 is 5.97 Å². The first-order valence-electron chi connectivity index (χ1n) is 9.56. The summed E-state index contributed by atoms with van der Waals surface area (Å²) in [6.07, 6.45) is 0. The van der Waals surface area contributed by atoms with Crippen LogP contribution in [-0.2, 0) is 10.8 Å². The lowest BCUT2D eigenvalue weighted by molar-refractivity contribution is 0.0736. The standard InChI is InChI=1S/C25H28O3/c1-24(2,3)19-14-17(15-20(22(19)26)25(4,5)6)23(27)28-21-13-9-11-16-10-7-8-12-18(16)21/h7-15,26H,1-6H3. The lowest BCUT2D eigenvalue weighted by atomic mass is 9.78. The Bertz CT molecular complexity index is 993. The van der Waals surface area contributed by atoms with E-state index in [1.165, 1.54) is 0 Å². The van der Waals surface area contributed by atoms with E-state index in [1.807, 2.05) is 77.9 Å². The first kappa shape index (κ1) is 19.9. The third-order valence-corrected chi connectivity index (χ3v) is 4.91. The van der Waals surface area contributed by atoms with Crippen LogP contribution in [0.1, 0.15) is 63.0 Å². The molecule has 0 amide bonds. The average Bonchev–Trinajstić information content (AvgIpc) is 2.60. The van der Waals surface area contributed by atoms with Crippen molar-refractivity contribution in [2.45, 2.75) is 52.4 Å². The van der Waals surface area contributed by atoms with Crippen molar-refractivity contribution < 1.29 is 14.6 Å². The predicted molar refractivity (Wildman–Crippen MR) is 114 cm³/mol. The summed E-state index contributed by atoms with van der Waals surface area (Å²) >= 11 is 0. The van der Waals surface area contributed by atoms with E-state index in [1.54, 1.807) is 18.2 Å². The zero-order valence-corrected chi connectivity index (χ0v) is 17.5. The van der Waals surface area contributed by atoms with Gasteiger partial charge in [-0.3, -0.25) is 0 Å². The molecule has 0 unspecified atom stereocenters. The smallest absolute Gasteiger partial charge is 0.343 e. The molecule has 1 N–H and O–H groups in total. The molecule has 3 aromatic carbocycles. The Kier molecular flexibility index (Phi) is 4.97. The van der Waals surface area contributed by atoms with Crippen LogP contribution in [0.5, 0.6) is 11.5 Å². The van der Waals surface area contributed by atoms with Crippen LogP contribution in [0, 0.1) is 0 Å². The molecule has 3 aromatic rings. The predicted octanol–water partition coefficient (Wildman–Crippen LogP) is 6.36. The summed E-state index contributed by atoms with van der Waals surface area (Å²) in [6, 6.07) is 17.0. The normalized spacial score (nSPS) is 12.2. The highest BCUT2D eigenvalue weighted by atomic mass is 16.5. The highest BCUT2D eigenvalue weighted by molar-refractivity contribution is 5.96. The highest BCUT2D eigenvalue weighted by Gasteiger charge is 2.28. The van der Waals surface area contributed by atoms with Gasteiger partial charge in [0, 0.05) is 16.5 Å². The van der Waals surface area contributed by atoms with Crippen molar-refractivity contribution in [3.05, 3.63) is 71.3 Å². The summed E-state index contributed by atoms with van der Waals surface area (Å²) in [5.74, 6) is 0.361. The molecule has 0 heterocycles. The van der Waals surface area contributed by atoms with Crippen molar-refractivity contribution in [3.63, 3.8) is 0 Å². The Balaban J connectivity index is 2.08. The zero-order valence-electron chi connectivity index (χ0n) is 17.5. The van der Waals surface area contributed by atoms with Gasteiger partial charge in [0.2, 0.25) is 0 Å². The fourth-order valence-corrected chi connectivity index (χ4v) is 3.34. The minimum atomic E-state index is -0.424. The third kappa shape index (κ3) is 3.89. The molecule has 3 rings (SSSR count). The molecule has 0 spiro atoms. The first-order chi connectivity index (χ1) is 13.0. The van der Waals surface area contributed by atoms with Gasteiger partial charge in [-0.2, -0.15) is 0 Å². The van der Waals surface area contributed by atoms with E-state index in [0.717, 1.165) is 21.9 Å². The van der Waals surface area contributed by atoms with E-state index in [9.17, 15) is 9.90 Å².